The molecule has 1 atom stereocenters. The minimum atomic E-state index is 0.0892. The minimum Gasteiger partial charge on any atom is -0.380 e. The zero-order chi connectivity index (χ0) is 16.3. The zero-order valence-corrected chi connectivity index (χ0v) is 13.9. The van der Waals surface area contributed by atoms with E-state index in [-0.39, 0.29) is 5.92 Å². The molecule has 0 spiro atoms. The first kappa shape index (κ1) is 16.5. The van der Waals surface area contributed by atoms with Gasteiger partial charge in [0.2, 0.25) is 0 Å². The highest BCUT2D eigenvalue weighted by atomic mass is 35.5. The molecule has 3 nitrogen and oxygen atoms in total. The summed E-state index contributed by atoms with van der Waals surface area (Å²) in [6.45, 7) is 2.10. The molecular weight excluding hydrogens is 296 g/mol. The van der Waals surface area contributed by atoms with Crippen LogP contribution in [-0.2, 0) is 4.79 Å². The van der Waals surface area contributed by atoms with Crippen LogP contribution in [0.5, 0.6) is 0 Å². The van der Waals surface area contributed by atoms with Gasteiger partial charge in [0.15, 0.2) is 0 Å². The number of nitrogens with one attached hydrogen (secondary N) is 1. The summed E-state index contributed by atoms with van der Waals surface area (Å²) in [5.74, 6) is 0.0892. The molecule has 0 radical (unpaired) electrons. The lowest BCUT2D eigenvalue weighted by atomic mass is 9.86. The van der Waals surface area contributed by atoms with Crippen molar-refractivity contribution in [1.82, 2.24) is 4.90 Å². The summed E-state index contributed by atoms with van der Waals surface area (Å²) in [7, 11) is 3.91. The van der Waals surface area contributed by atoms with Crippen LogP contribution in [0.3, 0.4) is 0 Å². The number of carbonyl (C=O) groups excluding carboxylic acids is 1. The van der Waals surface area contributed by atoms with Gasteiger partial charge in [-0.05, 0) is 18.4 Å². The number of likely N-dealkylation sites (N-methyl/N-ethyl adjacent to an activating group) is 1. The van der Waals surface area contributed by atoms with E-state index in [4.69, 9.17) is 17.0 Å². The smallest absolute Gasteiger partial charge is 0.147 e. The zero-order valence-electron chi connectivity index (χ0n) is 13.2. The van der Waals surface area contributed by atoms with Crippen molar-refractivity contribution in [2.75, 3.05) is 14.1 Å². The summed E-state index contributed by atoms with van der Waals surface area (Å²) >= 11 is 6.44. The fourth-order valence-electron chi connectivity index (χ4n) is 2.89. The molecule has 1 aliphatic carbocycles. The second-order valence-corrected chi connectivity index (χ2v) is 6.10. The van der Waals surface area contributed by atoms with Crippen molar-refractivity contribution in [3.63, 3.8) is 0 Å². The highest BCUT2D eigenvalue weighted by Crippen LogP contribution is 2.37. The van der Waals surface area contributed by atoms with E-state index in [0.29, 0.717) is 34.7 Å². The lowest BCUT2D eigenvalue weighted by Gasteiger charge is -2.30. The third-order valence-electron chi connectivity index (χ3n) is 4.04. The third kappa shape index (κ3) is 3.14. The molecule has 0 saturated carbocycles. The van der Waals surface area contributed by atoms with Crippen LogP contribution in [0.1, 0.15) is 31.2 Å². The predicted molar refractivity (Wildman–Crippen MR) is 91.5 cm³/mol. The van der Waals surface area contributed by atoms with E-state index >= 15 is 0 Å². The van der Waals surface area contributed by atoms with E-state index in [1.165, 1.54) is 0 Å². The van der Waals surface area contributed by atoms with Crippen LogP contribution in [0.2, 0.25) is 0 Å². The number of halogens is 1. The molecule has 1 aliphatic rings. The van der Waals surface area contributed by atoms with Gasteiger partial charge in [0.05, 0.1) is 5.03 Å². The molecular formula is C18H21ClN2O. The Balaban J connectivity index is 2.63. The fourth-order valence-corrected chi connectivity index (χ4v) is 3.24. The molecule has 2 rings (SSSR count). The summed E-state index contributed by atoms with van der Waals surface area (Å²) < 4.78 is 0. The van der Waals surface area contributed by atoms with Crippen LogP contribution in [0.25, 0.3) is 0 Å². The summed E-state index contributed by atoms with van der Waals surface area (Å²) in [6.07, 6.45) is 1.92. The Labute approximate surface area is 136 Å². The molecule has 0 aliphatic heterocycles. The number of nitrogens with zero attached hydrogens (tertiary/aromatic N) is 1. The molecule has 0 aromatic heterocycles. The maximum absolute atomic E-state index is 11.2. The molecule has 4 heteroatoms. The van der Waals surface area contributed by atoms with E-state index in [9.17, 15) is 4.79 Å². The minimum absolute atomic E-state index is 0.0892. The summed E-state index contributed by atoms with van der Waals surface area (Å²) in [5, 5.41) is 8.73. The first-order valence-corrected chi connectivity index (χ1v) is 7.73. The summed E-state index contributed by atoms with van der Waals surface area (Å²) in [4.78, 5) is 13.2. The average molecular weight is 317 g/mol. The summed E-state index contributed by atoms with van der Waals surface area (Å²) in [5.41, 5.74) is 3.93. The molecule has 1 aromatic rings. The maximum Gasteiger partial charge on any atom is 0.147 e. The molecule has 1 aromatic carbocycles. The SMILES string of the molecule is CC(/C(=C1/C(=N)CCC(C=O)=C1Cl)N(C)C)c1ccccc1. The van der Waals surface area contributed by atoms with Crippen molar-refractivity contribution in [3.05, 3.63) is 57.8 Å². The first-order chi connectivity index (χ1) is 10.5. The van der Waals surface area contributed by atoms with Crippen molar-refractivity contribution in [2.24, 2.45) is 0 Å². The first-order valence-electron chi connectivity index (χ1n) is 7.35. The van der Waals surface area contributed by atoms with Gasteiger partial charge in [-0.25, -0.2) is 0 Å². The Morgan fingerprint density at radius 1 is 1.27 bits per heavy atom. The van der Waals surface area contributed by atoms with Gasteiger partial charge in [-0.1, -0.05) is 48.9 Å². The van der Waals surface area contributed by atoms with Crippen molar-refractivity contribution in [1.29, 1.82) is 5.41 Å². The highest BCUT2D eigenvalue weighted by Gasteiger charge is 2.27. The largest absolute Gasteiger partial charge is 0.380 e. The topological polar surface area (TPSA) is 44.2 Å². The Morgan fingerprint density at radius 2 is 1.91 bits per heavy atom. The average Bonchev–Trinajstić information content (AvgIpc) is 2.51. The lowest BCUT2D eigenvalue weighted by Crippen LogP contribution is -2.24. The van der Waals surface area contributed by atoms with Crippen LogP contribution >= 0.6 is 11.6 Å². The number of aldehydes is 1. The maximum atomic E-state index is 11.2. The monoisotopic (exact) mass is 316 g/mol. The molecule has 0 bridgehead atoms. The second kappa shape index (κ2) is 6.93. The van der Waals surface area contributed by atoms with Crippen LogP contribution in [-0.4, -0.2) is 31.0 Å². The van der Waals surface area contributed by atoms with Crippen LogP contribution < -0.4 is 0 Å². The Bertz CT molecular complexity index is 644. The predicted octanol–water partition coefficient (Wildman–Crippen LogP) is 4.11. The normalized spacial score (nSPS) is 19.0. The van der Waals surface area contributed by atoms with Crippen molar-refractivity contribution >= 4 is 23.6 Å². The Morgan fingerprint density at radius 3 is 2.45 bits per heavy atom. The van der Waals surface area contributed by atoms with Crippen LogP contribution in [0.4, 0.5) is 0 Å². The molecule has 0 saturated heterocycles. The van der Waals surface area contributed by atoms with Gasteiger partial charge in [-0.3, -0.25) is 4.79 Å². The standard InChI is InChI=1S/C18H21ClN2O/c1-12(13-7-5-4-6-8-13)18(21(2)3)16-15(20)10-9-14(11-22)17(16)19/h4-8,11-12,20H,9-10H2,1-3H3/b18-16+,20-15?. The van der Waals surface area contributed by atoms with E-state index in [1.54, 1.807) is 0 Å². The quantitative estimate of drug-likeness (QED) is 0.849. The molecule has 1 unspecified atom stereocenters. The molecule has 22 heavy (non-hydrogen) atoms. The molecule has 116 valence electrons. The molecule has 0 fully saturated rings. The number of hydrogen-bond acceptors (Lipinski definition) is 3. The van der Waals surface area contributed by atoms with Gasteiger partial charge in [-0.15, -0.1) is 0 Å². The second-order valence-electron chi connectivity index (χ2n) is 5.72. The molecule has 0 heterocycles. The molecule has 1 N–H and O–H groups in total. The fraction of sp³-hybridized carbons (Fsp3) is 0.333. The van der Waals surface area contributed by atoms with E-state index in [2.05, 4.69) is 19.1 Å². The van der Waals surface area contributed by atoms with E-state index < -0.39 is 0 Å². The van der Waals surface area contributed by atoms with Gasteiger partial charge in [-0.2, -0.15) is 0 Å². The van der Waals surface area contributed by atoms with Gasteiger partial charge in [0.1, 0.15) is 6.29 Å². The van der Waals surface area contributed by atoms with Crippen LogP contribution in [0.15, 0.2) is 52.2 Å². The van der Waals surface area contributed by atoms with Crippen molar-refractivity contribution in [3.8, 4) is 0 Å². The van der Waals surface area contributed by atoms with E-state index in [0.717, 1.165) is 17.5 Å². The lowest BCUT2D eigenvalue weighted by molar-refractivity contribution is -0.105. The van der Waals surface area contributed by atoms with Crippen LogP contribution in [0, 0.1) is 5.41 Å². The van der Waals surface area contributed by atoms with Crippen molar-refractivity contribution in [2.45, 2.75) is 25.7 Å². The number of allylic oxidation sites excluding steroid dienone is 4. The third-order valence-corrected chi connectivity index (χ3v) is 4.47. The van der Waals surface area contributed by atoms with Gasteiger partial charge in [0.25, 0.3) is 0 Å². The summed E-state index contributed by atoms with van der Waals surface area (Å²) in [6, 6.07) is 10.1. The number of carbonyl (C=O) groups is 1. The number of benzene rings is 1. The Hall–Kier alpha value is -1.87. The van der Waals surface area contributed by atoms with Crippen molar-refractivity contribution < 1.29 is 4.79 Å². The van der Waals surface area contributed by atoms with Gasteiger partial charge >= 0.3 is 0 Å². The van der Waals surface area contributed by atoms with E-state index in [1.807, 2.05) is 37.2 Å². The molecule has 0 amide bonds. The highest BCUT2D eigenvalue weighted by molar-refractivity contribution is 6.38. The van der Waals surface area contributed by atoms with Gasteiger partial charge < -0.3 is 10.3 Å². The van der Waals surface area contributed by atoms with Gasteiger partial charge in [0, 0.05) is 42.6 Å². The Kier molecular flexibility index (Phi) is 5.19. The number of hydrogen-bond donors (Lipinski definition) is 1. The number of rotatable bonds is 4.